The number of hydrogen-bond acceptors (Lipinski definition) is 4. The minimum absolute atomic E-state index is 0.256. The van der Waals surface area contributed by atoms with E-state index in [0.29, 0.717) is 18.9 Å². The summed E-state index contributed by atoms with van der Waals surface area (Å²) in [5.74, 6) is -36.7. The molecule has 0 fully saturated rings. The average Bonchev–Trinajstić information content (AvgIpc) is 2.85. The van der Waals surface area contributed by atoms with Crippen molar-refractivity contribution in [2.24, 2.45) is 0 Å². The summed E-state index contributed by atoms with van der Waals surface area (Å²) in [4.78, 5) is 0. The van der Waals surface area contributed by atoms with E-state index in [2.05, 4.69) is 4.74 Å². The van der Waals surface area contributed by atoms with Gasteiger partial charge in [-0.05, 0) is 12.8 Å². The van der Waals surface area contributed by atoms with Gasteiger partial charge in [-0.1, -0.05) is 44.9 Å². The summed E-state index contributed by atoms with van der Waals surface area (Å²) in [6.07, 6.45) is -2.81. The Balaban J connectivity index is 4.36. The van der Waals surface area contributed by atoms with Gasteiger partial charge < -0.3 is 18.0 Å². The van der Waals surface area contributed by atoms with Gasteiger partial charge in [0.25, 0.3) is 0 Å². The zero-order valence-corrected chi connectivity index (χ0v) is 23.2. The fourth-order valence-electron chi connectivity index (χ4n) is 3.60. The van der Waals surface area contributed by atoms with Crippen LogP contribution >= 0.6 is 0 Å². The molecule has 0 radical (unpaired) electrons. The number of halogens is 13. The van der Waals surface area contributed by atoms with Crippen molar-refractivity contribution < 1.29 is 75.1 Å². The van der Waals surface area contributed by atoms with E-state index in [-0.39, 0.29) is 13.0 Å². The third-order valence-electron chi connectivity index (χ3n) is 6.26. The molecule has 0 spiro atoms. The standard InChI is InChI=1S/C22H35F13O4Si/c1-36-40(37-2,38-3)16-12-10-8-6-4-5-7-9-11-14-39-15-13-17(23,24)18(25,26)19(27,28)20(29,30)21(31,32)22(33,34)35/h4-16H2,1-3H3. The molecule has 0 aliphatic carbocycles. The molecule has 0 bridgehead atoms. The molecule has 0 atom stereocenters. The number of ether oxygens (including phenoxy) is 1. The van der Waals surface area contributed by atoms with Gasteiger partial charge in [-0.2, -0.15) is 57.1 Å². The molecule has 0 aliphatic heterocycles. The quantitative estimate of drug-likeness (QED) is 0.0677. The third kappa shape index (κ3) is 9.32. The second-order valence-electron chi connectivity index (χ2n) is 9.09. The van der Waals surface area contributed by atoms with Crippen LogP contribution in [0.1, 0.15) is 64.2 Å². The molecule has 0 saturated carbocycles. The van der Waals surface area contributed by atoms with Crippen LogP contribution in [0.25, 0.3) is 0 Å². The molecule has 0 N–H and O–H groups in total. The lowest BCUT2D eigenvalue weighted by molar-refractivity contribution is -0.440. The Morgan fingerprint density at radius 2 is 0.825 bits per heavy atom. The van der Waals surface area contributed by atoms with Gasteiger partial charge >= 0.3 is 44.6 Å². The molecule has 40 heavy (non-hydrogen) atoms. The molecule has 0 rings (SSSR count). The summed E-state index contributed by atoms with van der Waals surface area (Å²) in [5.41, 5.74) is 0. The second-order valence-corrected chi connectivity index (χ2v) is 12.2. The summed E-state index contributed by atoms with van der Waals surface area (Å²) in [5, 5.41) is 0. The van der Waals surface area contributed by atoms with E-state index in [9.17, 15) is 57.1 Å². The average molecular weight is 639 g/mol. The molecule has 18 heteroatoms. The van der Waals surface area contributed by atoms with Gasteiger partial charge in [0.05, 0.1) is 6.61 Å². The Kier molecular flexibility index (Phi) is 15.2. The Bertz CT molecular complexity index is 709. The SMILES string of the molecule is CO[Si](CCCCCCCCCCCOCCC(F)(F)C(F)(F)C(F)(F)C(F)(F)C(F)(F)C(F)(F)F)(OC)OC. The fraction of sp³-hybridized carbons (Fsp3) is 1.00. The molecule has 0 saturated heterocycles. The Labute approximate surface area is 225 Å². The molecule has 0 amide bonds. The largest absolute Gasteiger partial charge is 0.500 e. The maximum Gasteiger partial charge on any atom is 0.500 e. The maximum absolute atomic E-state index is 13.7. The lowest BCUT2D eigenvalue weighted by atomic mass is 9.93. The molecular weight excluding hydrogens is 603 g/mol. The van der Waals surface area contributed by atoms with Crippen LogP contribution in [0.3, 0.4) is 0 Å². The molecule has 0 aromatic rings. The van der Waals surface area contributed by atoms with Crippen LogP contribution in [0, 0.1) is 0 Å². The van der Waals surface area contributed by atoms with E-state index in [1.165, 1.54) is 21.3 Å². The van der Waals surface area contributed by atoms with E-state index in [1.54, 1.807) is 0 Å². The van der Waals surface area contributed by atoms with Crippen molar-refractivity contribution in [3.63, 3.8) is 0 Å². The predicted molar refractivity (Wildman–Crippen MR) is 119 cm³/mol. The highest BCUT2D eigenvalue weighted by molar-refractivity contribution is 6.60. The number of alkyl halides is 13. The van der Waals surface area contributed by atoms with Crippen molar-refractivity contribution in [1.29, 1.82) is 0 Å². The summed E-state index contributed by atoms with van der Waals surface area (Å²) >= 11 is 0. The van der Waals surface area contributed by atoms with E-state index >= 15 is 0 Å². The Hall–Kier alpha value is -0.853. The van der Waals surface area contributed by atoms with Crippen molar-refractivity contribution in [3.8, 4) is 0 Å². The van der Waals surface area contributed by atoms with Crippen molar-refractivity contribution in [2.45, 2.75) is 106 Å². The van der Waals surface area contributed by atoms with E-state index in [1.807, 2.05) is 0 Å². The fourth-order valence-corrected chi connectivity index (χ4v) is 5.40. The molecule has 0 unspecified atom stereocenters. The minimum Gasteiger partial charge on any atom is -0.381 e. The monoisotopic (exact) mass is 638 g/mol. The predicted octanol–water partition coefficient (Wildman–Crippen LogP) is 8.52. The Morgan fingerprint density at radius 3 is 1.23 bits per heavy atom. The highest BCUT2D eigenvalue weighted by Crippen LogP contribution is 2.60. The smallest absolute Gasteiger partial charge is 0.381 e. The first-order valence-corrected chi connectivity index (χ1v) is 14.3. The first kappa shape index (κ1) is 39.1. The summed E-state index contributed by atoms with van der Waals surface area (Å²) < 4.78 is 190. The molecule has 0 aromatic carbocycles. The van der Waals surface area contributed by atoms with Crippen molar-refractivity contribution >= 4 is 8.80 Å². The topological polar surface area (TPSA) is 36.9 Å². The van der Waals surface area contributed by atoms with Crippen LogP contribution in [0.2, 0.25) is 6.04 Å². The lowest BCUT2D eigenvalue weighted by Gasteiger charge is -2.39. The van der Waals surface area contributed by atoms with Gasteiger partial charge in [0.1, 0.15) is 0 Å². The molecule has 0 aromatic heterocycles. The molecule has 0 heterocycles. The van der Waals surface area contributed by atoms with Gasteiger partial charge in [-0.25, -0.2) is 0 Å². The number of hydrogen-bond donors (Lipinski definition) is 0. The molecule has 0 aliphatic rings. The van der Waals surface area contributed by atoms with Gasteiger partial charge in [-0.3, -0.25) is 0 Å². The highest BCUT2D eigenvalue weighted by Gasteiger charge is 2.90. The summed E-state index contributed by atoms with van der Waals surface area (Å²) in [7, 11) is 2.00. The zero-order chi connectivity index (χ0) is 31.5. The zero-order valence-electron chi connectivity index (χ0n) is 22.2. The van der Waals surface area contributed by atoms with Gasteiger partial charge in [-0.15, -0.1) is 0 Å². The van der Waals surface area contributed by atoms with Crippen LogP contribution in [0.4, 0.5) is 57.1 Å². The van der Waals surface area contributed by atoms with Crippen LogP contribution < -0.4 is 0 Å². The second kappa shape index (κ2) is 15.6. The first-order chi connectivity index (χ1) is 18.1. The van der Waals surface area contributed by atoms with Crippen molar-refractivity contribution in [1.82, 2.24) is 0 Å². The van der Waals surface area contributed by atoms with Gasteiger partial charge in [0.2, 0.25) is 0 Å². The normalized spacial score (nSPS) is 14.7. The first-order valence-electron chi connectivity index (χ1n) is 12.3. The van der Waals surface area contributed by atoms with Crippen LogP contribution in [0.5, 0.6) is 0 Å². The maximum atomic E-state index is 13.7. The molecule has 4 nitrogen and oxygen atoms in total. The van der Waals surface area contributed by atoms with Crippen molar-refractivity contribution in [2.75, 3.05) is 34.5 Å². The third-order valence-corrected chi connectivity index (χ3v) is 9.10. The lowest BCUT2D eigenvalue weighted by Crippen LogP contribution is -2.70. The van der Waals surface area contributed by atoms with Gasteiger partial charge in [0, 0.05) is 40.4 Å². The van der Waals surface area contributed by atoms with Crippen LogP contribution in [-0.4, -0.2) is 79.1 Å². The molecular formula is C22H35F13O4Si. The Morgan fingerprint density at radius 1 is 0.450 bits per heavy atom. The number of unbranched alkanes of at least 4 members (excludes halogenated alkanes) is 8. The summed E-state index contributed by atoms with van der Waals surface area (Å²) in [6, 6.07) is 0.684. The minimum atomic E-state index is -7.88. The van der Waals surface area contributed by atoms with Crippen molar-refractivity contribution in [3.05, 3.63) is 0 Å². The van der Waals surface area contributed by atoms with E-state index in [0.717, 1.165) is 38.5 Å². The van der Waals surface area contributed by atoms with Crippen LogP contribution in [0.15, 0.2) is 0 Å². The van der Waals surface area contributed by atoms with E-state index in [4.69, 9.17) is 13.3 Å². The van der Waals surface area contributed by atoms with Gasteiger partial charge in [0.15, 0.2) is 0 Å². The van der Waals surface area contributed by atoms with Crippen LogP contribution in [-0.2, 0) is 18.0 Å². The molecule has 242 valence electrons. The number of rotatable bonds is 22. The highest BCUT2D eigenvalue weighted by atomic mass is 28.4. The van der Waals surface area contributed by atoms with E-state index < -0.39 is 57.6 Å². The summed E-state index contributed by atoms with van der Waals surface area (Å²) in [6.45, 7) is -1.65.